The Hall–Kier alpha value is -2.60. The van der Waals surface area contributed by atoms with Crippen molar-refractivity contribution in [3.05, 3.63) is 48.0 Å². The summed E-state index contributed by atoms with van der Waals surface area (Å²) in [6.07, 6.45) is 1.00. The molecule has 6 heteroatoms. The summed E-state index contributed by atoms with van der Waals surface area (Å²) in [5.74, 6) is 1.48. The lowest BCUT2D eigenvalue weighted by Crippen LogP contribution is -2.26. The van der Waals surface area contributed by atoms with Crippen molar-refractivity contribution in [3.63, 3.8) is 0 Å². The van der Waals surface area contributed by atoms with Crippen LogP contribution in [0.3, 0.4) is 0 Å². The molecule has 0 spiro atoms. The van der Waals surface area contributed by atoms with Gasteiger partial charge in [0.25, 0.3) is 0 Å². The summed E-state index contributed by atoms with van der Waals surface area (Å²) in [5, 5.41) is 0.717. The summed E-state index contributed by atoms with van der Waals surface area (Å²) in [7, 11) is 5.00. The Morgan fingerprint density at radius 1 is 1.12 bits per heavy atom. The molecule has 130 valence electrons. The Bertz CT molecular complexity index is 836. The van der Waals surface area contributed by atoms with E-state index in [9.17, 15) is 4.79 Å². The van der Waals surface area contributed by atoms with Crippen molar-refractivity contribution in [2.75, 3.05) is 26.2 Å². The summed E-state index contributed by atoms with van der Waals surface area (Å²) in [5.41, 5.74) is 1.92. The first-order chi connectivity index (χ1) is 12.1. The average molecular weight is 356 g/mol. The summed E-state index contributed by atoms with van der Waals surface area (Å²) < 4.78 is 11.6. The number of nitrogens with zero attached hydrogens (tertiary/aromatic N) is 2. The molecule has 0 bridgehead atoms. The van der Waals surface area contributed by atoms with Crippen LogP contribution in [0, 0.1) is 0 Å². The second kappa shape index (κ2) is 7.53. The number of anilines is 1. The molecule has 1 amide bonds. The van der Waals surface area contributed by atoms with Gasteiger partial charge in [-0.3, -0.25) is 9.69 Å². The van der Waals surface area contributed by atoms with Crippen molar-refractivity contribution in [2.24, 2.45) is 0 Å². The van der Waals surface area contributed by atoms with E-state index in [1.54, 1.807) is 26.2 Å². The second-order valence-electron chi connectivity index (χ2n) is 5.64. The van der Waals surface area contributed by atoms with Gasteiger partial charge in [-0.2, -0.15) is 0 Å². The van der Waals surface area contributed by atoms with Gasteiger partial charge in [0.15, 0.2) is 5.13 Å². The highest BCUT2D eigenvalue weighted by molar-refractivity contribution is 7.22. The largest absolute Gasteiger partial charge is 0.497 e. The highest BCUT2D eigenvalue weighted by Gasteiger charge is 2.15. The van der Waals surface area contributed by atoms with Crippen molar-refractivity contribution < 1.29 is 14.3 Å². The third-order valence-corrected chi connectivity index (χ3v) is 5.10. The molecule has 3 rings (SSSR count). The van der Waals surface area contributed by atoms with E-state index in [-0.39, 0.29) is 5.91 Å². The number of ether oxygens (including phenoxy) is 2. The van der Waals surface area contributed by atoms with Gasteiger partial charge in [0.2, 0.25) is 5.91 Å². The first kappa shape index (κ1) is 17.2. The number of rotatable bonds is 6. The predicted molar refractivity (Wildman–Crippen MR) is 101 cm³/mol. The maximum atomic E-state index is 12.5. The fourth-order valence-corrected chi connectivity index (χ4v) is 3.48. The SMILES string of the molecule is COc1cc(CCC(=O)N(C)c2nc3ccccc3s2)cc(OC)c1. The molecule has 5 nitrogen and oxygen atoms in total. The molecule has 0 N–H and O–H groups in total. The highest BCUT2D eigenvalue weighted by atomic mass is 32.1. The zero-order valence-corrected chi connectivity index (χ0v) is 15.3. The molecule has 0 aliphatic rings. The molecule has 0 aliphatic heterocycles. The number of benzene rings is 2. The van der Waals surface area contributed by atoms with Crippen LogP contribution in [-0.2, 0) is 11.2 Å². The second-order valence-corrected chi connectivity index (χ2v) is 6.65. The van der Waals surface area contributed by atoms with Crippen LogP contribution in [0.15, 0.2) is 42.5 Å². The molecule has 0 unspecified atom stereocenters. The van der Waals surface area contributed by atoms with Gasteiger partial charge in [-0.1, -0.05) is 23.5 Å². The molecule has 0 radical (unpaired) electrons. The number of para-hydroxylation sites is 1. The minimum absolute atomic E-state index is 0.0286. The fraction of sp³-hybridized carbons (Fsp3) is 0.263. The van der Waals surface area contributed by atoms with Crippen LogP contribution in [0.4, 0.5) is 5.13 Å². The summed E-state index contributed by atoms with van der Waals surface area (Å²) in [4.78, 5) is 18.7. The minimum atomic E-state index is 0.0286. The van der Waals surface area contributed by atoms with E-state index in [2.05, 4.69) is 4.98 Å². The number of hydrogen-bond acceptors (Lipinski definition) is 5. The monoisotopic (exact) mass is 356 g/mol. The van der Waals surface area contributed by atoms with E-state index in [0.29, 0.717) is 12.8 Å². The topological polar surface area (TPSA) is 51.7 Å². The van der Waals surface area contributed by atoms with Crippen molar-refractivity contribution in [3.8, 4) is 11.5 Å². The molecule has 3 aromatic rings. The van der Waals surface area contributed by atoms with Crippen molar-refractivity contribution in [1.29, 1.82) is 0 Å². The van der Waals surface area contributed by atoms with Crippen molar-refractivity contribution in [2.45, 2.75) is 12.8 Å². The van der Waals surface area contributed by atoms with E-state index in [0.717, 1.165) is 32.4 Å². The molecule has 0 atom stereocenters. The first-order valence-corrected chi connectivity index (χ1v) is 8.76. The number of methoxy groups -OCH3 is 2. The van der Waals surface area contributed by atoms with Gasteiger partial charge in [0.1, 0.15) is 11.5 Å². The van der Waals surface area contributed by atoms with Gasteiger partial charge in [0.05, 0.1) is 24.4 Å². The maximum Gasteiger partial charge on any atom is 0.228 e. The number of carbonyl (C=O) groups excluding carboxylic acids is 1. The van der Waals surface area contributed by atoms with Gasteiger partial charge in [0, 0.05) is 19.5 Å². The molecule has 0 aliphatic carbocycles. The first-order valence-electron chi connectivity index (χ1n) is 7.95. The lowest BCUT2D eigenvalue weighted by Gasteiger charge is -2.14. The Kier molecular flexibility index (Phi) is 5.19. The lowest BCUT2D eigenvalue weighted by molar-refractivity contribution is -0.118. The minimum Gasteiger partial charge on any atom is -0.497 e. The Morgan fingerprint density at radius 2 is 1.80 bits per heavy atom. The molecule has 0 saturated heterocycles. The van der Waals surface area contributed by atoms with Gasteiger partial charge in [-0.15, -0.1) is 0 Å². The number of aryl methyl sites for hydroxylation is 1. The number of amides is 1. The summed E-state index contributed by atoms with van der Waals surface area (Å²) >= 11 is 1.52. The van der Waals surface area contributed by atoms with Crippen LogP contribution in [0.1, 0.15) is 12.0 Å². The number of fused-ring (bicyclic) bond motifs is 1. The van der Waals surface area contributed by atoms with Crippen LogP contribution in [-0.4, -0.2) is 32.2 Å². The Balaban J connectivity index is 1.69. The van der Waals surface area contributed by atoms with Gasteiger partial charge in [-0.05, 0) is 36.2 Å². The van der Waals surface area contributed by atoms with Gasteiger partial charge >= 0.3 is 0 Å². The predicted octanol–water partition coefficient (Wildman–Crippen LogP) is 3.91. The van der Waals surface area contributed by atoms with Crippen molar-refractivity contribution in [1.82, 2.24) is 4.98 Å². The smallest absolute Gasteiger partial charge is 0.228 e. The van der Waals surface area contributed by atoms with Crippen LogP contribution in [0.2, 0.25) is 0 Å². The van der Waals surface area contributed by atoms with Crippen LogP contribution in [0.25, 0.3) is 10.2 Å². The fourth-order valence-electron chi connectivity index (χ4n) is 2.54. The van der Waals surface area contributed by atoms with E-state index < -0.39 is 0 Å². The molecule has 0 saturated carbocycles. The lowest BCUT2D eigenvalue weighted by atomic mass is 10.1. The number of carbonyl (C=O) groups is 1. The third-order valence-electron chi connectivity index (χ3n) is 3.98. The van der Waals surface area contributed by atoms with Crippen LogP contribution in [0.5, 0.6) is 11.5 Å². The molecule has 0 fully saturated rings. The van der Waals surface area contributed by atoms with Crippen molar-refractivity contribution >= 4 is 32.6 Å². The highest BCUT2D eigenvalue weighted by Crippen LogP contribution is 2.28. The zero-order valence-electron chi connectivity index (χ0n) is 14.5. The Morgan fingerprint density at radius 3 is 2.44 bits per heavy atom. The van der Waals surface area contributed by atoms with Crippen LogP contribution >= 0.6 is 11.3 Å². The molecule has 2 aromatic carbocycles. The maximum absolute atomic E-state index is 12.5. The van der Waals surface area contributed by atoms with Crippen LogP contribution < -0.4 is 14.4 Å². The summed E-state index contributed by atoms with van der Waals surface area (Å²) in [6, 6.07) is 13.6. The standard InChI is InChI=1S/C19H20N2O3S/c1-21(19-20-16-6-4-5-7-17(16)25-19)18(22)9-8-13-10-14(23-2)12-15(11-13)24-3/h4-7,10-12H,8-9H2,1-3H3. The van der Waals surface area contributed by atoms with Gasteiger partial charge < -0.3 is 9.47 Å². The van der Waals surface area contributed by atoms with E-state index >= 15 is 0 Å². The summed E-state index contributed by atoms with van der Waals surface area (Å²) in [6.45, 7) is 0. The number of aromatic nitrogens is 1. The molecule has 1 aromatic heterocycles. The zero-order chi connectivity index (χ0) is 17.8. The molecule has 25 heavy (non-hydrogen) atoms. The van der Waals surface area contributed by atoms with E-state index in [1.165, 1.54) is 11.3 Å². The average Bonchev–Trinajstić information content (AvgIpc) is 3.09. The number of thiazole rings is 1. The third kappa shape index (κ3) is 3.91. The Labute approximate surface area is 150 Å². The van der Waals surface area contributed by atoms with E-state index in [1.807, 2.05) is 42.5 Å². The molecular formula is C19H20N2O3S. The molecule has 1 heterocycles. The van der Waals surface area contributed by atoms with Gasteiger partial charge in [-0.25, -0.2) is 4.98 Å². The quantitative estimate of drug-likeness (QED) is 0.672. The number of hydrogen-bond donors (Lipinski definition) is 0. The molecular weight excluding hydrogens is 336 g/mol. The normalized spacial score (nSPS) is 10.7. The van der Waals surface area contributed by atoms with E-state index in [4.69, 9.17) is 9.47 Å².